The Kier molecular flexibility index (Phi) is 6.74. The first-order valence-electron chi connectivity index (χ1n) is 5.50. The molecular weight excluding hydrogens is 306 g/mol. The number of hydrogen-bond donors (Lipinski definition) is 3. The molecule has 0 saturated heterocycles. The van der Waals surface area contributed by atoms with Crippen molar-refractivity contribution in [1.29, 1.82) is 0 Å². The molecule has 0 aliphatic carbocycles. The van der Waals surface area contributed by atoms with Crippen molar-refractivity contribution in [3.63, 3.8) is 0 Å². The second-order valence-corrected chi connectivity index (χ2v) is 5.63. The van der Waals surface area contributed by atoms with Crippen molar-refractivity contribution in [3.8, 4) is 0 Å². The third-order valence-electron chi connectivity index (χ3n) is 1.99. The van der Waals surface area contributed by atoms with Gasteiger partial charge in [-0.1, -0.05) is 11.6 Å². The minimum Gasteiger partial charge on any atom is -0.364 e. The van der Waals surface area contributed by atoms with E-state index in [0.29, 0.717) is 23.1 Å². The van der Waals surface area contributed by atoms with Crippen LogP contribution in [-0.2, 0) is 10.8 Å². The van der Waals surface area contributed by atoms with Gasteiger partial charge < -0.3 is 5.32 Å². The quantitative estimate of drug-likeness (QED) is 0.478. The highest BCUT2D eigenvalue weighted by Crippen LogP contribution is 2.08. The third kappa shape index (κ3) is 6.90. The number of pyridine rings is 1. The van der Waals surface area contributed by atoms with Gasteiger partial charge in [-0.15, -0.1) is 0 Å². The van der Waals surface area contributed by atoms with Gasteiger partial charge in [0.15, 0.2) is 5.82 Å². The third-order valence-corrected chi connectivity index (χ3v) is 2.99. The van der Waals surface area contributed by atoms with Crippen molar-refractivity contribution < 1.29 is 9.13 Å². The SMILES string of the molecule is CS(=O)CCN/C(=C/[N+](=O)[O-])NNc1ccc(Cl)cn1. The van der Waals surface area contributed by atoms with Crippen molar-refractivity contribution in [1.82, 2.24) is 15.7 Å². The highest BCUT2D eigenvalue weighted by molar-refractivity contribution is 7.84. The van der Waals surface area contributed by atoms with E-state index in [1.165, 1.54) is 6.20 Å². The van der Waals surface area contributed by atoms with E-state index in [9.17, 15) is 14.3 Å². The number of hydrazine groups is 1. The number of hydrogen-bond acceptors (Lipinski definition) is 7. The topological polar surface area (TPSA) is 109 Å². The normalized spacial score (nSPS) is 12.6. The minimum atomic E-state index is -0.972. The molecule has 20 heavy (non-hydrogen) atoms. The van der Waals surface area contributed by atoms with Crippen molar-refractivity contribution in [2.45, 2.75) is 0 Å². The molecule has 1 atom stereocenters. The summed E-state index contributed by atoms with van der Waals surface area (Å²) in [7, 11) is -0.972. The van der Waals surface area contributed by atoms with E-state index in [1.807, 2.05) is 0 Å². The van der Waals surface area contributed by atoms with Gasteiger partial charge in [0.05, 0.1) is 9.95 Å². The molecule has 0 aliphatic rings. The Morgan fingerprint density at radius 2 is 2.35 bits per heavy atom. The second kappa shape index (κ2) is 8.33. The smallest absolute Gasteiger partial charge is 0.275 e. The summed E-state index contributed by atoms with van der Waals surface area (Å²) in [6, 6.07) is 3.24. The number of halogens is 1. The van der Waals surface area contributed by atoms with Gasteiger partial charge in [0, 0.05) is 35.5 Å². The molecule has 0 aliphatic heterocycles. The van der Waals surface area contributed by atoms with E-state index < -0.39 is 15.7 Å². The number of nitrogens with zero attached hydrogens (tertiary/aromatic N) is 2. The highest BCUT2D eigenvalue weighted by atomic mass is 35.5. The highest BCUT2D eigenvalue weighted by Gasteiger charge is 2.03. The Labute approximate surface area is 123 Å². The molecular formula is C10H14ClN5O3S. The van der Waals surface area contributed by atoms with E-state index in [-0.39, 0.29) is 5.82 Å². The molecule has 10 heteroatoms. The van der Waals surface area contributed by atoms with Gasteiger partial charge in [-0.3, -0.25) is 25.2 Å². The fourth-order valence-electron chi connectivity index (χ4n) is 1.14. The Hall–Kier alpha value is -1.87. The molecule has 1 heterocycles. The van der Waals surface area contributed by atoms with E-state index in [4.69, 9.17) is 11.6 Å². The van der Waals surface area contributed by atoms with Crippen molar-refractivity contribution in [2.75, 3.05) is 24.0 Å². The van der Waals surface area contributed by atoms with Gasteiger partial charge in [-0.25, -0.2) is 4.98 Å². The summed E-state index contributed by atoms with van der Waals surface area (Å²) in [6.45, 7) is 0.339. The lowest BCUT2D eigenvalue weighted by Crippen LogP contribution is -2.33. The Morgan fingerprint density at radius 1 is 1.60 bits per heavy atom. The van der Waals surface area contributed by atoms with Crippen LogP contribution in [0.5, 0.6) is 0 Å². The second-order valence-electron chi connectivity index (χ2n) is 3.64. The van der Waals surface area contributed by atoms with Crippen molar-refractivity contribution in [3.05, 3.63) is 45.5 Å². The van der Waals surface area contributed by atoms with Crippen LogP contribution in [0.2, 0.25) is 5.02 Å². The zero-order valence-corrected chi connectivity index (χ0v) is 12.2. The van der Waals surface area contributed by atoms with Crippen molar-refractivity contribution >= 4 is 28.2 Å². The number of aromatic nitrogens is 1. The molecule has 0 saturated carbocycles. The van der Waals surface area contributed by atoms with Gasteiger partial charge in [0.2, 0.25) is 0 Å². The van der Waals surface area contributed by atoms with Crippen LogP contribution in [0.3, 0.4) is 0 Å². The zero-order chi connectivity index (χ0) is 15.0. The molecule has 1 aromatic heterocycles. The average Bonchev–Trinajstić information content (AvgIpc) is 2.36. The number of anilines is 1. The van der Waals surface area contributed by atoms with Gasteiger partial charge in [-0.2, -0.15) is 0 Å². The molecule has 1 rings (SSSR count). The summed E-state index contributed by atoms with van der Waals surface area (Å²) >= 11 is 5.69. The number of nitrogens with one attached hydrogen (secondary N) is 3. The summed E-state index contributed by atoms with van der Waals surface area (Å²) in [5.74, 6) is 0.970. The molecule has 3 N–H and O–H groups in total. The minimum absolute atomic E-state index is 0.136. The number of nitro groups is 1. The van der Waals surface area contributed by atoms with Crippen molar-refractivity contribution in [2.24, 2.45) is 0 Å². The lowest BCUT2D eigenvalue weighted by atomic mass is 10.5. The first-order chi connectivity index (χ1) is 9.47. The first-order valence-corrected chi connectivity index (χ1v) is 7.60. The standard InChI is InChI=1S/C10H14ClN5O3S/c1-20(19)5-4-12-10(7-16(17)18)15-14-9-3-2-8(11)6-13-9/h2-3,6-7,12,15H,4-5H2,1H3,(H,13,14)/b10-7-. The van der Waals surface area contributed by atoms with E-state index >= 15 is 0 Å². The molecule has 0 fully saturated rings. The summed E-state index contributed by atoms with van der Waals surface area (Å²) in [5, 5.41) is 13.7. The fraction of sp³-hybridized carbons (Fsp3) is 0.300. The molecule has 0 aromatic carbocycles. The molecule has 0 amide bonds. The average molecular weight is 320 g/mol. The van der Waals surface area contributed by atoms with Crippen LogP contribution >= 0.6 is 11.6 Å². The lowest BCUT2D eigenvalue weighted by Gasteiger charge is -2.12. The largest absolute Gasteiger partial charge is 0.364 e. The van der Waals surface area contributed by atoms with Crippen LogP contribution < -0.4 is 16.2 Å². The zero-order valence-electron chi connectivity index (χ0n) is 10.6. The van der Waals surface area contributed by atoms with Gasteiger partial charge >= 0.3 is 0 Å². The Morgan fingerprint density at radius 3 is 2.90 bits per heavy atom. The molecule has 8 nitrogen and oxygen atoms in total. The van der Waals surface area contributed by atoms with Crippen LogP contribution in [0.15, 0.2) is 30.4 Å². The molecule has 1 aromatic rings. The summed E-state index contributed by atoms with van der Waals surface area (Å²) in [5.41, 5.74) is 5.30. The molecule has 0 bridgehead atoms. The summed E-state index contributed by atoms with van der Waals surface area (Å²) in [6.07, 6.45) is 3.76. The van der Waals surface area contributed by atoms with Gasteiger partial charge in [0.1, 0.15) is 5.82 Å². The predicted molar refractivity (Wildman–Crippen MR) is 78.0 cm³/mol. The molecule has 110 valence electrons. The van der Waals surface area contributed by atoms with Crippen LogP contribution in [-0.4, -0.2) is 32.7 Å². The maximum Gasteiger partial charge on any atom is 0.275 e. The monoisotopic (exact) mass is 319 g/mol. The van der Waals surface area contributed by atoms with Crippen LogP contribution in [0.25, 0.3) is 0 Å². The Bertz CT molecular complexity index is 508. The predicted octanol–water partition coefficient (Wildman–Crippen LogP) is 0.695. The fourth-order valence-corrected chi connectivity index (χ4v) is 1.64. The molecule has 0 spiro atoms. The summed E-state index contributed by atoms with van der Waals surface area (Å²) in [4.78, 5) is 13.8. The molecule has 1 unspecified atom stereocenters. The van der Waals surface area contributed by atoms with E-state index in [1.54, 1.807) is 18.4 Å². The first kappa shape index (κ1) is 16.2. The van der Waals surface area contributed by atoms with Gasteiger partial charge in [0.25, 0.3) is 6.20 Å². The number of rotatable bonds is 8. The van der Waals surface area contributed by atoms with E-state index in [2.05, 4.69) is 21.2 Å². The maximum absolute atomic E-state index is 10.9. The summed E-state index contributed by atoms with van der Waals surface area (Å²) < 4.78 is 10.9. The van der Waals surface area contributed by atoms with Crippen LogP contribution in [0, 0.1) is 10.1 Å². The maximum atomic E-state index is 10.9. The van der Waals surface area contributed by atoms with Gasteiger partial charge in [-0.05, 0) is 12.1 Å². The van der Waals surface area contributed by atoms with Crippen LogP contribution in [0.1, 0.15) is 0 Å². The van der Waals surface area contributed by atoms with E-state index in [0.717, 1.165) is 6.20 Å². The molecule has 0 radical (unpaired) electrons. The lowest BCUT2D eigenvalue weighted by molar-refractivity contribution is -0.404. The van der Waals surface area contributed by atoms with Crippen LogP contribution in [0.4, 0.5) is 5.82 Å². The Balaban J connectivity index is 2.54.